The smallest absolute Gasteiger partial charge is 0.277 e. The van der Waals surface area contributed by atoms with Gasteiger partial charge in [0.05, 0.1) is 20.4 Å². The minimum atomic E-state index is -0.335. The van der Waals surface area contributed by atoms with Crippen molar-refractivity contribution in [3.63, 3.8) is 0 Å². The van der Waals surface area contributed by atoms with Crippen LogP contribution in [-0.2, 0) is 10.2 Å². The van der Waals surface area contributed by atoms with Crippen LogP contribution < -0.4 is 19.6 Å². The molecular formula is C22H28N2O4. The molecule has 0 saturated carbocycles. The molecular weight excluding hydrogens is 356 g/mol. The van der Waals surface area contributed by atoms with E-state index in [4.69, 9.17) is 14.2 Å². The van der Waals surface area contributed by atoms with Gasteiger partial charge in [0.1, 0.15) is 5.75 Å². The zero-order chi connectivity index (χ0) is 20.7. The SMILES string of the molecule is COc1ccc(C=NNC(=O)COc2cc(C)ccc2C(C)(C)C)cc1OC. The van der Waals surface area contributed by atoms with Crippen LogP contribution in [-0.4, -0.2) is 32.9 Å². The molecule has 28 heavy (non-hydrogen) atoms. The highest BCUT2D eigenvalue weighted by atomic mass is 16.5. The highest BCUT2D eigenvalue weighted by molar-refractivity contribution is 5.83. The number of rotatable bonds is 7. The van der Waals surface area contributed by atoms with Gasteiger partial charge in [0, 0.05) is 0 Å². The van der Waals surface area contributed by atoms with Crippen molar-refractivity contribution in [1.29, 1.82) is 0 Å². The summed E-state index contributed by atoms with van der Waals surface area (Å²) in [5.41, 5.74) is 5.30. The number of carbonyl (C=O) groups is 1. The molecule has 6 heteroatoms. The van der Waals surface area contributed by atoms with E-state index in [2.05, 4.69) is 31.3 Å². The van der Waals surface area contributed by atoms with Crippen LogP contribution in [0, 0.1) is 6.92 Å². The highest BCUT2D eigenvalue weighted by Gasteiger charge is 2.19. The van der Waals surface area contributed by atoms with E-state index in [-0.39, 0.29) is 17.9 Å². The molecule has 0 aliphatic rings. The normalized spacial score (nSPS) is 11.4. The van der Waals surface area contributed by atoms with Crippen molar-refractivity contribution in [2.45, 2.75) is 33.1 Å². The molecule has 6 nitrogen and oxygen atoms in total. The number of hydrazone groups is 1. The summed E-state index contributed by atoms with van der Waals surface area (Å²) in [4.78, 5) is 12.1. The first-order valence-corrected chi connectivity index (χ1v) is 9.02. The number of nitrogens with zero attached hydrogens (tertiary/aromatic N) is 1. The molecule has 2 aromatic rings. The van der Waals surface area contributed by atoms with Gasteiger partial charge in [-0.15, -0.1) is 0 Å². The first-order valence-electron chi connectivity index (χ1n) is 9.02. The van der Waals surface area contributed by atoms with E-state index in [1.807, 2.05) is 31.2 Å². The average Bonchev–Trinajstić information content (AvgIpc) is 2.65. The Balaban J connectivity index is 1.97. The molecule has 0 bridgehead atoms. The predicted octanol–water partition coefficient (Wildman–Crippen LogP) is 3.84. The zero-order valence-corrected chi connectivity index (χ0v) is 17.3. The maximum Gasteiger partial charge on any atom is 0.277 e. The summed E-state index contributed by atoms with van der Waals surface area (Å²) >= 11 is 0. The van der Waals surface area contributed by atoms with Crippen LogP contribution in [0.4, 0.5) is 0 Å². The van der Waals surface area contributed by atoms with Crippen LogP contribution in [0.25, 0.3) is 0 Å². The molecule has 0 aliphatic carbocycles. The molecule has 0 heterocycles. The maximum absolute atomic E-state index is 12.1. The lowest BCUT2D eigenvalue weighted by Gasteiger charge is -2.23. The first-order chi connectivity index (χ1) is 13.2. The summed E-state index contributed by atoms with van der Waals surface area (Å²) in [6.45, 7) is 8.21. The Bertz CT molecular complexity index is 854. The second kappa shape index (κ2) is 9.26. The lowest BCUT2D eigenvalue weighted by molar-refractivity contribution is -0.123. The molecule has 0 radical (unpaired) electrons. The van der Waals surface area contributed by atoms with Crippen molar-refractivity contribution in [2.24, 2.45) is 5.10 Å². The molecule has 1 amide bonds. The van der Waals surface area contributed by atoms with E-state index in [1.165, 1.54) is 6.21 Å². The van der Waals surface area contributed by atoms with Gasteiger partial charge >= 0.3 is 0 Å². The Kier molecular flexibility index (Phi) is 7.04. The van der Waals surface area contributed by atoms with Gasteiger partial charge in [0.2, 0.25) is 0 Å². The van der Waals surface area contributed by atoms with Crippen LogP contribution >= 0.6 is 0 Å². The van der Waals surface area contributed by atoms with E-state index >= 15 is 0 Å². The Morgan fingerprint density at radius 3 is 2.39 bits per heavy atom. The van der Waals surface area contributed by atoms with Gasteiger partial charge in [0.25, 0.3) is 5.91 Å². The van der Waals surface area contributed by atoms with Crippen molar-refractivity contribution >= 4 is 12.1 Å². The Hall–Kier alpha value is -3.02. The Labute approximate surface area is 166 Å². The standard InChI is InChI=1S/C22H28N2O4/c1-15-7-9-17(22(2,3)4)19(11-15)28-14-21(25)24-23-13-16-8-10-18(26-5)20(12-16)27-6/h7-13H,14H2,1-6H3,(H,24,25). The summed E-state index contributed by atoms with van der Waals surface area (Å²) in [5, 5.41) is 3.97. The molecule has 150 valence electrons. The maximum atomic E-state index is 12.1. The highest BCUT2D eigenvalue weighted by Crippen LogP contribution is 2.32. The molecule has 0 fully saturated rings. The summed E-state index contributed by atoms with van der Waals surface area (Å²) in [7, 11) is 3.14. The van der Waals surface area contributed by atoms with E-state index in [0.717, 1.165) is 16.7 Å². The van der Waals surface area contributed by atoms with Gasteiger partial charge in [0.15, 0.2) is 18.1 Å². The van der Waals surface area contributed by atoms with E-state index in [1.54, 1.807) is 26.4 Å². The minimum absolute atomic E-state index is 0.0783. The topological polar surface area (TPSA) is 69.2 Å². The number of benzene rings is 2. The van der Waals surface area contributed by atoms with Gasteiger partial charge in [-0.25, -0.2) is 5.43 Å². The van der Waals surface area contributed by atoms with Gasteiger partial charge in [-0.05, 0) is 53.3 Å². The molecule has 0 aliphatic heterocycles. The van der Waals surface area contributed by atoms with E-state index in [9.17, 15) is 4.79 Å². The predicted molar refractivity (Wildman–Crippen MR) is 111 cm³/mol. The van der Waals surface area contributed by atoms with Crippen molar-refractivity contribution < 1.29 is 19.0 Å². The largest absolute Gasteiger partial charge is 0.493 e. The van der Waals surface area contributed by atoms with Crippen LogP contribution in [0.3, 0.4) is 0 Å². The number of nitrogens with one attached hydrogen (secondary N) is 1. The molecule has 0 spiro atoms. The van der Waals surface area contributed by atoms with E-state index < -0.39 is 0 Å². The van der Waals surface area contributed by atoms with Gasteiger partial charge in [-0.2, -0.15) is 5.10 Å². The second-order valence-corrected chi connectivity index (χ2v) is 7.45. The molecule has 1 N–H and O–H groups in total. The van der Waals surface area contributed by atoms with E-state index in [0.29, 0.717) is 17.2 Å². The molecule has 2 aromatic carbocycles. The number of methoxy groups -OCH3 is 2. The lowest BCUT2D eigenvalue weighted by atomic mass is 9.86. The van der Waals surface area contributed by atoms with Crippen molar-refractivity contribution in [1.82, 2.24) is 5.43 Å². The second-order valence-electron chi connectivity index (χ2n) is 7.45. The number of amides is 1. The fraction of sp³-hybridized carbons (Fsp3) is 0.364. The quantitative estimate of drug-likeness (QED) is 0.582. The fourth-order valence-corrected chi connectivity index (χ4v) is 2.66. The van der Waals surface area contributed by atoms with Crippen LogP contribution in [0.2, 0.25) is 0 Å². The molecule has 2 rings (SSSR count). The van der Waals surface area contributed by atoms with Crippen molar-refractivity contribution in [2.75, 3.05) is 20.8 Å². The number of carbonyl (C=O) groups excluding carboxylic acids is 1. The van der Waals surface area contributed by atoms with Crippen molar-refractivity contribution in [3.8, 4) is 17.2 Å². The third-order valence-corrected chi connectivity index (χ3v) is 4.11. The number of ether oxygens (including phenoxy) is 3. The molecule has 0 unspecified atom stereocenters. The first kappa shape index (κ1) is 21.3. The summed E-state index contributed by atoms with van der Waals surface area (Å²) < 4.78 is 16.2. The zero-order valence-electron chi connectivity index (χ0n) is 17.3. The van der Waals surface area contributed by atoms with Gasteiger partial charge in [-0.3, -0.25) is 4.79 Å². The van der Waals surface area contributed by atoms with Crippen LogP contribution in [0.5, 0.6) is 17.2 Å². The Morgan fingerprint density at radius 1 is 1.04 bits per heavy atom. The van der Waals surface area contributed by atoms with Crippen LogP contribution in [0.15, 0.2) is 41.5 Å². The third-order valence-electron chi connectivity index (χ3n) is 4.11. The fourth-order valence-electron chi connectivity index (χ4n) is 2.66. The molecule has 0 saturated heterocycles. The van der Waals surface area contributed by atoms with Crippen molar-refractivity contribution in [3.05, 3.63) is 53.1 Å². The number of hydrogen-bond acceptors (Lipinski definition) is 5. The van der Waals surface area contributed by atoms with Crippen LogP contribution in [0.1, 0.15) is 37.5 Å². The van der Waals surface area contributed by atoms with Gasteiger partial charge in [-0.1, -0.05) is 32.9 Å². The number of hydrogen-bond donors (Lipinski definition) is 1. The summed E-state index contributed by atoms with van der Waals surface area (Å²) in [5.74, 6) is 1.60. The molecule has 0 aromatic heterocycles. The summed E-state index contributed by atoms with van der Waals surface area (Å²) in [6, 6.07) is 11.4. The Morgan fingerprint density at radius 2 is 1.75 bits per heavy atom. The third kappa shape index (κ3) is 5.74. The average molecular weight is 384 g/mol. The summed E-state index contributed by atoms with van der Waals surface area (Å²) in [6.07, 6.45) is 1.53. The lowest BCUT2D eigenvalue weighted by Crippen LogP contribution is -2.25. The monoisotopic (exact) mass is 384 g/mol. The molecule has 0 atom stereocenters. The van der Waals surface area contributed by atoms with Gasteiger partial charge < -0.3 is 14.2 Å². The minimum Gasteiger partial charge on any atom is -0.493 e. The number of aryl methyl sites for hydroxylation is 1.